The first-order chi connectivity index (χ1) is 14.1. The van der Waals surface area contributed by atoms with Crippen molar-refractivity contribution in [1.29, 1.82) is 0 Å². The van der Waals surface area contributed by atoms with E-state index in [1.165, 1.54) is 6.42 Å². The number of alkyl halides is 1. The van der Waals surface area contributed by atoms with Gasteiger partial charge in [0.2, 0.25) is 11.8 Å². The van der Waals surface area contributed by atoms with Crippen molar-refractivity contribution in [2.24, 2.45) is 0 Å². The van der Waals surface area contributed by atoms with E-state index in [-0.39, 0.29) is 23.7 Å². The van der Waals surface area contributed by atoms with Crippen LogP contribution in [0, 0.1) is 6.92 Å². The predicted molar refractivity (Wildman–Crippen MR) is 114 cm³/mol. The number of aromatic nitrogens is 1. The van der Waals surface area contributed by atoms with Gasteiger partial charge in [-0.25, -0.2) is 0 Å². The van der Waals surface area contributed by atoms with E-state index in [4.69, 9.17) is 11.6 Å². The van der Waals surface area contributed by atoms with Gasteiger partial charge in [0.25, 0.3) is 0 Å². The Morgan fingerprint density at radius 3 is 2.38 bits per heavy atom. The lowest BCUT2D eigenvalue weighted by Gasteiger charge is -2.33. The van der Waals surface area contributed by atoms with E-state index in [9.17, 15) is 9.59 Å². The Hall–Kier alpha value is -2.40. The van der Waals surface area contributed by atoms with E-state index >= 15 is 0 Å². The topological polar surface area (TPSA) is 62.3 Å². The highest BCUT2D eigenvalue weighted by Crippen LogP contribution is 2.26. The highest BCUT2D eigenvalue weighted by Gasteiger charge is 2.32. The van der Waals surface area contributed by atoms with Crippen LogP contribution >= 0.6 is 11.6 Å². The van der Waals surface area contributed by atoms with Crippen LogP contribution < -0.4 is 5.32 Å². The van der Waals surface area contributed by atoms with Crippen LogP contribution in [0.2, 0.25) is 0 Å². The van der Waals surface area contributed by atoms with Gasteiger partial charge in [-0.2, -0.15) is 0 Å². The zero-order valence-electron chi connectivity index (χ0n) is 16.8. The smallest absolute Gasteiger partial charge is 0.247 e. The third kappa shape index (κ3) is 5.80. The van der Waals surface area contributed by atoms with Gasteiger partial charge >= 0.3 is 0 Å². The number of aryl methyl sites for hydroxylation is 1. The Morgan fingerprint density at radius 2 is 1.76 bits per heavy atom. The number of halogens is 1. The molecule has 6 heteroatoms. The molecule has 1 atom stereocenters. The van der Waals surface area contributed by atoms with E-state index in [1.807, 2.05) is 31.2 Å². The molecule has 0 radical (unpaired) electrons. The standard InChI is InChI=1S/C23H28ClN3O2/c1-17-7-9-18(10-8-17)16-27(21(28)15-24)22(19-11-13-25-14-12-19)23(29)26-20-5-3-2-4-6-20/h7-14,20,22H,2-6,15-16H2,1H3,(H,26,29)/t22-/m1/s1. The maximum absolute atomic E-state index is 13.3. The fourth-order valence-electron chi connectivity index (χ4n) is 3.84. The SMILES string of the molecule is Cc1ccc(CN(C(=O)CCl)[C@@H](C(=O)NC2CCCCC2)c2ccncc2)cc1. The summed E-state index contributed by atoms with van der Waals surface area (Å²) in [4.78, 5) is 31.8. The molecular weight excluding hydrogens is 386 g/mol. The molecule has 2 aromatic rings. The van der Waals surface area contributed by atoms with Crippen LogP contribution in [-0.2, 0) is 16.1 Å². The van der Waals surface area contributed by atoms with Gasteiger partial charge in [0, 0.05) is 25.0 Å². The lowest BCUT2D eigenvalue weighted by atomic mass is 9.94. The minimum atomic E-state index is -0.743. The Balaban J connectivity index is 1.90. The Bertz CT molecular complexity index is 805. The number of hydrogen-bond acceptors (Lipinski definition) is 3. The van der Waals surface area contributed by atoms with E-state index in [0.29, 0.717) is 6.54 Å². The summed E-state index contributed by atoms with van der Waals surface area (Å²) in [5.41, 5.74) is 2.84. The summed E-state index contributed by atoms with van der Waals surface area (Å²) in [6.07, 6.45) is 8.71. The minimum Gasteiger partial charge on any atom is -0.351 e. The quantitative estimate of drug-likeness (QED) is 0.693. The van der Waals surface area contributed by atoms with Gasteiger partial charge in [-0.05, 0) is 43.0 Å². The molecule has 1 aromatic carbocycles. The third-order valence-electron chi connectivity index (χ3n) is 5.44. The number of amides is 2. The Kier molecular flexibility index (Phi) is 7.64. The number of benzene rings is 1. The normalized spacial score (nSPS) is 15.5. The molecule has 0 unspecified atom stereocenters. The van der Waals surface area contributed by atoms with Crippen LogP contribution in [0.1, 0.15) is 54.8 Å². The lowest BCUT2D eigenvalue weighted by molar-refractivity contribution is -0.140. The van der Waals surface area contributed by atoms with Crippen molar-refractivity contribution in [2.75, 3.05) is 5.88 Å². The first-order valence-corrected chi connectivity index (χ1v) is 10.7. The molecule has 0 spiro atoms. The predicted octanol–water partition coefficient (Wildman–Crippen LogP) is 4.15. The van der Waals surface area contributed by atoms with Gasteiger partial charge in [-0.15, -0.1) is 11.6 Å². The van der Waals surface area contributed by atoms with Crippen LogP contribution in [0.25, 0.3) is 0 Å². The number of pyridine rings is 1. The first kappa shape index (κ1) is 21.3. The molecule has 3 rings (SSSR count). The Morgan fingerprint density at radius 1 is 1.10 bits per heavy atom. The van der Waals surface area contributed by atoms with E-state index in [0.717, 1.165) is 42.4 Å². The zero-order chi connectivity index (χ0) is 20.6. The van der Waals surface area contributed by atoms with Crippen molar-refractivity contribution in [3.63, 3.8) is 0 Å². The van der Waals surface area contributed by atoms with Crippen molar-refractivity contribution in [2.45, 2.75) is 57.7 Å². The average Bonchev–Trinajstić information content (AvgIpc) is 2.75. The van der Waals surface area contributed by atoms with Gasteiger partial charge in [-0.1, -0.05) is 49.1 Å². The lowest BCUT2D eigenvalue weighted by Crippen LogP contribution is -2.47. The summed E-state index contributed by atoms with van der Waals surface area (Å²) in [7, 11) is 0. The van der Waals surface area contributed by atoms with Gasteiger partial charge in [0.05, 0.1) is 0 Å². The van der Waals surface area contributed by atoms with Crippen LogP contribution in [0.3, 0.4) is 0 Å². The van der Waals surface area contributed by atoms with Crippen molar-refractivity contribution >= 4 is 23.4 Å². The third-order valence-corrected chi connectivity index (χ3v) is 5.67. The number of rotatable bonds is 7. The molecule has 0 bridgehead atoms. The summed E-state index contributed by atoms with van der Waals surface area (Å²) in [6.45, 7) is 2.33. The fourth-order valence-corrected chi connectivity index (χ4v) is 3.99. The van der Waals surface area contributed by atoms with Crippen LogP contribution in [-0.4, -0.2) is 33.6 Å². The molecular formula is C23H28ClN3O2. The molecule has 5 nitrogen and oxygen atoms in total. The van der Waals surface area contributed by atoms with Crippen LogP contribution in [0.5, 0.6) is 0 Å². The fraction of sp³-hybridized carbons (Fsp3) is 0.435. The maximum Gasteiger partial charge on any atom is 0.247 e. The molecule has 2 amide bonds. The first-order valence-electron chi connectivity index (χ1n) is 10.2. The molecule has 0 saturated heterocycles. The maximum atomic E-state index is 13.3. The second-order valence-corrected chi connectivity index (χ2v) is 7.93. The van der Waals surface area contributed by atoms with E-state index in [1.54, 1.807) is 29.4 Å². The number of carbonyl (C=O) groups is 2. The molecule has 1 heterocycles. The van der Waals surface area contributed by atoms with Gasteiger partial charge in [-0.3, -0.25) is 14.6 Å². The van der Waals surface area contributed by atoms with Gasteiger partial charge in [0.15, 0.2) is 0 Å². The highest BCUT2D eigenvalue weighted by molar-refractivity contribution is 6.27. The molecule has 1 aliphatic carbocycles. The second kappa shape index (κ2) is 10.4. The summed E-state index contributed by atoms with van der Waals surface area (Å²) in [5, 5.41) is 3.18. The summed E-state index contributed by atoms with van der Waals surface area (Å²) >= 11 is 5.93. The molecule has 29 heavy (non-hydrogen) atoms. The molecule has 1 saturated carbocycles. The summed E-state index contributed by atoms with van der Waals surface area (Å²) in [5.74, 6) is -0.606. The molecule has 1 fully saturated rings. The minimum absolute atomic E-state index is 0.159. The molecule has 1 aromatic heterocycles. The van der Waals surface area contributed by atoms with Crippen molar-refractivity contribution in [3.05, 3.63) is 65.5 Å². The highest BCUT2D eigenvalue weighted by atomic mass is 35.5. The van der Waals surface area contributed by atoms with Crippen LogP contribution in [0.4, 0.5) is 0 Å². The monoisotopic (exact) mass is 413 g/mol. The van der Waals surface area contributed by atoms with Crippen molar-refractivity contribution < 1.29 is 9.59 Å². The number of nitrogens with zero attached hydrogens (tertiary/aromatic N) is 2. The van der Waals surface area contributed by atoms with E-state index in [2.05, 4.69) is 10.3 Å². The number of carbonyl (C=O) groups excluding carboxylic acids is 2. The molecule has 1 N–H and O–H groups in total. The second-order valence-electron chi connectivity index (χ2n) is 7.67. The molecule has 1 aliphatic rings. The van der Waals surface area contributed by atoms with Crippen molar-refractivity contribution in [1.82, 2.24) is 15.2 Å². The molecule has 154 valence electrons. The van der Waals surface area contributed by atoms with E-state index < -0.39 is 6.04 Å². The largest absolute Gasteiger partial charge is 0.351 e. The molecule has 0 aliphatic heterocycles. The zero-order valence-corrected chi connectivity index (χ0v) is 17.6. The van der Waals surface area contributed by atoms with Crippen molar-refractivity contribution in [3.8, 4) is 0 Å². The Labute approximate surface area is 177 Å². The average molecular weight is 414 g/mol. The van der Waals surface area contributed by atoms with Crippen LogP contribution in [0.15, 0.2) is 48.8 Å². The number of hydrogen-bond donors (Lipinski definition) is 1. The number of nitrogens with one attached hydrogen (secondary N) is 1. The summed E-state index contributed by atoms with van der Waals surface area (Å²) < 4.78 is 0. The van der Waals surface area contributed by atoms with Gasteiger partial charge in [0.1, 0.15) is 11.9 Å². The van der Waals surface area contributed by atoms with Gasteiger partial charge < -0.3 is 10.2 Å². The summed E-state index contributed by atoms with van der Waals surface area (Å²) in [6, 6.07) is 11.0.